The first-order valence-corrected chi connectivity index (χ1v) is 10.4. The number of hydrogen-bond acceptors (Lipinski definition) is 6. The van der Waals surface area contributed by atoms with Crippen LogP contribution in [0.1, 0.15) is 50.4 Å². The summed E-state index contributed by atoms with van der Waals surface area (Å²) in [7, 11) is 2.11. The van der Waals surface area contributed by atoms with Crippen molar-refractivity contribution in [1.82, 2.24) is 24.9 Å². The van der Waals surface area contributed by atoms with Crippen LogP contribution in [0, 0.1) is 11.3 Å². The largest absolute Gasteiger partial charge is 0.341 e. The molecule has 7 nitrogen and oxygen atoms in total. The molecule has 2 aromatic rings. The van der Waals surface area contributed by atoms with E-state index >= 15 is 0 Å². The smallest absolute Gasteiger partial charge is 0.276 e. The Morgan fingerprint density at radius 1 is 1.18 bits per heavy atom. The predicted octanol–water partition coefficient (Wildman–Crippen LogP) is 2.92. The van der Waals surface area contributed by atoms with Gasteiger partial charge in [0.15, 0.2) is 5.82 Å². The van der Waals surface area contributed by atoms with Crippen LogP contribution >= 0.6 is 0 Å². The highest BCUT2D eigenvalue weighted by molar-refractivity contribution is 5.80. The number of amides is 1. The zero-order valence-electron chi connectivity index (χ0n) is 16.4. The Kier molecular flexibility index (Phi) is 4.42. The number of rotatable bonds is 3. The average Bonchev–Trinajstić information content (AvgIpc) is 3.32. The maximum atomic E-state index is 12.8. The van der Waals surface area contributed by atoms with Crippen molar-refractivity contribution in [3.63, 3.8) is 0 Å². The van der Waals surface area contributed by atoms with Gasteiger partial charge < -0.3 is 9.42 Å². The van der Waals surface area contributed by atoms with Crippen molar-refractivity contribution in [1.29, 1.82) is 0 Å². The van der Waals surface area contributed by atoms with Gasteiger partial charge in [-0.15, -0.1) is 0 Å². The van der Waals surface area contributed by atoms with E-state index in [0.29, 0.717) is 17.5 Å². The number of nitrogens with zero attached hydrogens (tertiary/aromatic N) is 5. The summed E-state index contributed by atoms with van der Waals surface area (Å²) >= 11 is 0. The Morgan fingerprint density at radius 3 is 2.75 bits per heavy atom. The van der Waals surface area contributed by atoms with E-state index in [1.54, 1.807) is 6.20 Å². The van der Waals surface area contributed by atoms with E-state index in [1.807, 2.05) is 18.2 Å². The van der Waals surface area contributed by atoms with Crippen LogP contribution in [0.25, 0.3) is 11.6 Å². The van der Waals surface area contributed by atoms with Gasteiger partial charge in [0.1, 0.15) is 5.69 Å². The highest BCUT2D eigenvalue weighted by Crippen LogP contribution is 2.48. The highest BCUT2D eigenvalue weighted by atomic mass is 16.5. The van der Waals surface area contributed by atoms with Gasteiger partial charge in [-0.05, 0) is 38.4 Å². The summed E-state index contributed by atoms with van der Waals surface area (Å²) in [6.07, 6.45) is 8.54. The van der Waals surface area contributed by atoms with Gasteiger partial charge in [-0.25, -0.2) is 0 Å². The lowest BCUT2D eigenvalue weighted by atomic mass is 9.76. The van der Waals surface area contributed by atoms with Crippen molar-refractivity contribution in [2.75, 3.05) is 26.7 Å². The van der Waals surface area contributed by atoms with Crippen LogP contribution in [0.4, 0.5) is 0 Å². The minimum atomic E-state index is 0.133. The molecule has 1 aliphatic carbocycles. The Morgan fingerprint density at radius 2 is 2.00 bits per heavy atom. The predicted molar refractivity (Wildman–Crippen MR) is 103 cm³/mol. The molecule has 1 spiro atoms. The highest BCUT2D eigenvalue weighted by Gasteiger charge is 2.53. The van der Waals surface area contributed by atoms with E-state index in [9.17, 15) is 4.79 Å². The third-order valence-corrected chi connectivity index (χ3v) is 6.69. The number of carbonyl (C=O) groups excluding carboxylic acids is 1. The molecule has 7 heteroatoms. The van der Waals surface area contributed by atoms with E-state index in [-0.39, 0.29) is 17.4 Å². The van der Waals surface area contributed by atoms with Crippen molar-refractivity contribution in [3.05, 3.63) is 30.2 Å². The molecule has 2 saturated heterocycles. The molecule has 0 aromatic carbocycles. The lowest BCUT2D eigenvalue weighted by molar-refractivity contribution is -0.148. The molecule has 1 saturated carbocycles. The van der Waals surface area contributed by atoms with E-state index in [0.717, 1.165) is 44.7 Å². The summed E-state index contributed by atoms with van der Waals surface area (Å²) < 4.78 is 5.46. The number of pyridine rings is 1. The summed E-state index contributed by atoms with van der Waals surface area (Å²) in [6.45, 7) is 2.71. The molecule has 0 bridgehead atoms. The summed E-state index contributed by atoms with van der Waals surface area (Å²) in [6, 6.07) is 5.78. The quantitative estimate of drug-likeness (QED) is 0.814. The van der Waals surface area contributed by atoms with E-state index in [4.69, 9.17) is 4.52 Å². The normalized spacial score (nSPS) is 25.2. The molecule has 148 valence electrons. The second kappa shape index (κ2) is 6.95. The lowest BCUT2D eigenvalue weighted by Gasteiger charge is -2.49. The molecule has 0 unspecified atom stereocenters. The lowest BCUT2D eigenvalue weighted by Crippen LogP contribution is -2.60. The van der Waals surface area contributed by atoms with Crippen LogP contribution in [0.15, 0.2) is 28.9 Å². The maximum Gasteiger partial charge on any atom is 0.276 e. The summed E-state index contributed by atoms with van der Waals surface area (Å²) in [5, 5.41) is 4.23. The van der Waals surface area contributed by atoms with Gasteiger partial charge in [0.05, 0.1) is 6.04 Å². The first-order valence-electron chi connectivity index (χ1n) is 10.4. The van der Waals surface area contributed by atoms with Crippen molar-refractivity contribution in [3.8, 4) is 11.6 Å². The Hall–Kier alpha value is -2.28. The Balaban J connectivity index is 1.24. The van der Waals surface area contributed by atoms with E-state index < -0.39 is 0 Å². The summed E-state index contributed by atoms with van der Waals surface area (Å²) in [4.78, 5) is 26.1. The van der Waals surface area contributed by atoms with Crippen LogP contribution in [0.3, 0.4) is 0 Å². The fourth-order valence-electron chi connectivity index (χ4n) is 5.28. The van der Waals surface area contributed by atoms with E-state index in [1.165, 1.54) is 19.3 Å². The standard InChI is InChI=1S/C21H27N5O2/c1-25-12-21(13-26(14-21)20(27)15-7-3-2-4-8-15)11-17(25)18-23-19(28-24-18)16-9-5-6-10-22-16/h5-6,9-10,15,17H,2-4,7-8,11-14H2,1H3/t17-/m0/s1. The molecule has 0 N–H and O–H groups in total. The molecule has 0 radical (unpaired) electrons. The van der Waals surface area contributed by atoms with Crippen LogP contribution in [0.5, 0.6) is 0 Å². The molecular formula is C21H27N5O2. The molecule has 5 rings (SSSR count). The number of hydrogen-bond donors (Lipinski definition) is 0. The molecule has 3 fully saturated rings. The zero-order valence-corrected chi connectivity index (χ0v) is 16.4. The zero-order chi connectivity index (χ0) is 19.1. The SMILES string of the molecule is CN1CC2(C[C@H]1c1noc(-c3ccccn3)n1)CN(C(=O)C1CCCCC1)C2. The number of likely N-dealkylation sites (tertiary alicyclic amines) is 2. The monoisotopic (exact) mass is 381 g/mol. The molecule has 2 aliphatic heterocycles. The maximum absolute atomic E-state index is 12.8. The fourth-order valence-corrected chi connectivity index (χ4v) is 5.28. The topological polar surface area (TPSA) is 75.4 Å². The van der Waals surface area contributed by atoms with Crippen LogP contribution in [-0.4, -0.2) is 57.5 Å². The van der Waals surface area contributed by atoms with E-state index in [2.05, 4.69) is 32.0 Å². The molecule has 1 amide bonds. The van der Waals surface area contributed by atoms with Crippen molar-refractivity contribution >= 4 is 5.91 Å². The fraction of sp³-hybridized carbons (Fsp3) is 0.619. The summed E-state index contributed by atoms with van der Waals surface area (Å²) in [5.74, 6) is 1.83. The number of carbonyl (C=O) groups is 1. The summed E-state index contributed by atoms with van der Waals surface area (Å²) in [5.41, 5.74) is 0.875. The Labute approximate surface area is 165 Å². The minimum Gasteiger partial charge on any atom is -0.341 e. The van der Waals surface area contributed by atoms with Crippen LogP contribution in [0.2, 0.25) is 0 Å². The average molecular weight is 381 g/mol. The van der Waals surface area contributed by atoms with Crippen molar-refractivity contribution in [2.45, 2.75) is 44.6 Å². The van der Waals surface area contributed by atoms with Crippen molar-refractivity contribution < 1.29 is 9.32 Å². The molecule has 3 aliphatic rings. The molecular weight excluding hydrogens is 354 g/mol. The van der Waals surface area contributed by atoms with Gasteiger partial charge in [0.2, 0.25) is 5.91 Å². The first-order chi connectivity index (χ1) is 13.6. The second-order valence-electron chi connectivity index (χ2n) is 8.84. The van der Waals surface area contributed by atoms with Crippen LogP contribution < -0.4 is 0 Å². The van der Waals surface area contributed by atoms with Gasteiger partial charge in [0, 0.05) is 37.2 Å². The number of aromatic nitrogens is 3. The van der Waals surface area contributed by atoms with Crippen molar-refractivity contribution in [2.24, 2.45) is 11.3 Å². The third-order valence-electron chi connectivity index (χ3n) is 6.69. The van der Waals surface area contributed by atoms with Gasteiger partial charge >= 0.3 is 0 Å². The molecule has 4 heterocycles. The third kappa shape index (κ3) is 3.11. The van der Waals surface area contributed by atoms with Gasteiger partial charge in [-0.1, -0.05) is 30.5 Å². The second-order valence-corrected chi connectivity index (χ2v) is 8.84. The first kappa shape index (κ1) is 17.8. The van der Waals surface area contributed by atoms with Gasteiger partial charge in [0.25, 0.3) is 5.89 Å². The van der Waals surface area contributed by atoms with Gasteiger partial charge in [-0.2, -0.15) is 4.98 Å². The molecule has 1 atom stereocenters. The van der Waals surface area contributed by atoms with Crippen LogP contribution in [-0.2, 0) is 4.79 Å². The Bertz CT molecular complexity index is 839. The minimum absolute atomic E-state index is 0.133. The molecule has 28 heavy (non-hydrogen) atoms. The molecule has 2 aromatic heterocycles. The van der Waals surface area contributed by atoms with Gasteiger partial charge in [-0.3, -0.25) is 14.7 Å².